The van der Waals surface area contributed by atoms with Gasteiger partial charge >= 0.3 is 5.97 Å². The highest BCUT2D eigenvalue weighted by Crippen LogP contribution is 2.33. The van der Waals surface area contributed by atoms with E-state index in [0.717, 1.165) is 36.3 Å². The minimum absolute atomic E-state index is 0.395. The molecular weight excluding hydrogens is 248 g/mol. The summed E-state index contributed by atoms with van der Waals surface area (Å²) < 4.78 is 5.56. The molecule has 0 bridgehead atoms. The molecule has 0 aliphatic carbocycles. The smallest absolute Gasteiger partial charge is 0.346 e. The van der Waals surface area contributed by atoms with Gasteiger partial charge in [0.1, 0.15) is 10.6 Å². The largest absolute Gasteiger partial charge is 0.493 e. The molecule has 4 heteroatoms. The number of carboxylic acid groups (broad SMARTS) is 1. The molecule has 0 spiro atoms. The molecule has 1 aliphatic heterocycles. The fourth-order valence-electron chi connectivity index (χ4n) is 2.23. The molecular formula is C14H12O3S. The van der Waals surface area contributed by atoms with E-state index in [-0.39, 0.29) is 0 Å². The Morgan fingerprint density at radius 2 is 2.22 bits per heavy atom. The molecule has 0 amide bonds. The van der Waals surface area contributed by atoms with Crippen LogP contribution in [-0.2, 0) is 6.42 Å². The molecule has 1 aliphatic rings. The van der Waals surface area contributed by atoms with Crippen molar-refractivity contribution in [1.82, 2.24) is 0 Å². The second-order valence-electron chi connectivity index (χ2n) is 4.24. The number of thiophene rings is 1. The van der Waals surface area contributed by atoms with Crippen molar-refractivity contribution in [3.63, 3.8) is 0 Å². The van der Waals surface area contributed by atoms with Crippen molar-refractivity contribution in [3.05, 3.63) is 40.1 Å². The highest BCUT2D eigenvalue weighted by molar-refractivity contribution is 7.12. The number of hydrogen-bond acceptors (Lipinski definition) is 3. The van der Waals surface area contributed by atoms with Gasteiger partial charge in [0.15, 0.2) is 0 Å². The Morgan fingerprint density at radius 1 is 1.33 bits per heavy atom. The molecule has 0 saturated heterocycles. The van der Waals surface area contributed by atoms with E-state index >= 15 is 0 Å². The summed E-state index contributed by atoms with van der Waals surface area (Å²) in [6.07, 6.45) is 2.02. The van der Waals surface area contributed by atoms with Crippen molar-refractivity contribution in [2.24, 2.45) is 0 Å². The molecule has 18 heavy (non-hydrogen) atoms. The Balaban J connectivity index is 2.06. The molecule has 3 nitrogen and oxygen atoms in total. The molecule has 3 rings (SSSR count). The zero-order valence-electron chi connectivity index (χ0n) is 9.68. The van der Waals surface area contributed by atoms with Crippen LogP contribution < -0.4 is 4.74 Å². The van der Waals surface area contributed by atoms with E-state index in [2.05, 4.69) is 0 Å². The van der Waals surface area contributed by atoms with Gasteiger partial charge in [-0.2, -0.15) is 0 Å². The summed E-state index contributed by atoms with van der Waals surface area (Å²) in [5.74, 6) is 0.0612. The maximum atomic E-state index is 11.1. The number of aromatic carboxylic acids is 1. The number of carbonyl (C=O) groups is 1. The predicted molar refractivity (Wildman–Crippen MR) is 70.5 cm³/mol. The lowest BCUT2D eigenvalue weighted by atomic mass is 9.99. The highest BCUT2D eigenvalue weighted by Gasteiger charge is 2.16. The zero-order chi connectivity index (χ0) is 12.5. The van der Waals surface area contributed by atoms with Gasteiger partial charge in [-0.3, -0.25) is 0 Å². The number of rotatable bonds is 2. The molecule has 0 atom stereocenters. The van der Waals surface area contributed by atoms with Gasteiger partial charge in [0.2, 0.25) is 0 Å². The second-order valence-corrected chi connectivity index (χ2v) is 5.16. The molecule has 0 fully saturated rings. The van der Waals surface area contributed by atoms with Gasteiger partial charge in [-0.25, -0.2) is 4.79 Å². The summed E-state index contributed by atoms with van der Waals surface area (Å²) in [5, 5.41) is 11.0. The Bertz CT molecular complexity index is 601. The molecule has 1 aromatic heterocycles. The van der Waals surface area contributed by atoms with Crippen LogP contribution in [0.5, 0.6) is 5.75 Å². The van der Waals surface area contributed by atoms with Gasteiger partial charge in [0, 0.05) is 5.56 Å². The Kier molecular flexibility index (Phi) is 2.80. The van der Waals surface area contributed by atoms with Gasteiger partial charge in [0.25, 0.3) is 0 Å². The standard InChI is InChI=1S/C14H12O3S/c15-14(16)13-11(5-7-18-13)9-3-4-12-10(8-9)2-1-6-17-12/h3-5,7-8H,1-2,6H2,(H,15,16). The number of benzene rings is 1. The van der Waals surface area contributed by atoms with Gasteiger partial charge in [-0.15, -0.1) is 11.3 Å². The van der Waals surface area contributed by atoms with Crippen molar-refractivity contribution in [2.45, 2.75) is 12.8 Å². The normalized spacial score (nSPS) is 13.8. The summed E-state index contributed by atoms with van der Waals surface area (Å²) in [6, 6.07) is 7.77. The third-order valence-corrected chi connectivity index (χ3v) is 3.98. The van der Waals surface area contributed by atoms with Crippen LogP contribution in [0, 0.1) is 0 Å². The van der Waals surface area contributed by atoms with Gasteiger partial charge in [0.05, 0.1) is 6.61 Å². The quantitative estimate of drug-likeness (QED) is 0.899. The summed E-state index contributed by atoms with van der Waals surface area (Å²) in [7, 11) is 0. The predicted octanol–water partition coefficient (Wildman–Crippen LogP) is 3.44. The van der Waals surface area contributed by atoms with E-state index in [9.17, 15) is 4.79 Å². The zero-order valence-corrected chi connectivity index (χ0v) is 10.5. The summed E-state index contributed by atoms with van der Waals surface area (Å²) >= 11 is 1.26. The minimum Gasteiger partial charge on any atom is -0.493 e. The lowest BCUT2D eigenvalue weighted by Gasteiger charge is -2.17. The molecule has 1 aromatic carbocycles. The van der Waals surface area contributed by atoms with Gasteiger partial charge < -0.3 is 9.84 Å². The van der Waals surface area contributed by atoms with Gasteiger partial charge in [-0.1, -0.05) is 6.07 Å². The van der Waals surface area contributed by atoms with Crippen LogP contribution in [-0.4, -0.2) is 17.7 Å². The number of ether oxygens (including phenoxy) is 1. The van der Waals surface area contributed by atoms with Crippen molar-refractivity contribution in [3.8, 4) is 16.9 Å². The lowest BCUT2D eigenvalue weighted by molar-refractivity contribution is 0.0703. The Morgan fingerprint density at radius 3 is 3.06 bits per heavy atom. The van der Waals surface area contributed by atoms with E-state index in [1.54, 1.807) is 0 Å². The Hall–Kier alpha value is -1.81. The summed E-state index contributed by atoms with van der Waals surface area (Å²) in [5.41, 5.74) is 2.92. The minimum atomic E-state index is -0.867. The Labute approximate surface area is 109 Å². The summed E-state index contributed by atoms with van der Waals surface area (Å²) in [6.45, 7) is 0.769. The first-order valence-corrected chi connectivity index (χ1v) is 6.70. The second kappa shape index (κ2) is 4.46. The van der Waals surface area contributed by atoms with Crippen LogP contribution in [0.25, 0.3) is 11.1 Å². The molecule has 2 aromatic rings. The fourth-order valence-corrected chi connectivity index (χ4v) is 2.98. The van der Waals surface area contributed by atoms with E-state index in [0.29, 0.717) is 4.88 Å². The van der Waals surface area contributed by atoms with Crippen LogP contribution in [0.3, 0.4) is 0 Å². The van der Waals surface area contributed by atoms with Crippen LogP contribution in [0.4, 0.5) is 0 Å². The lowest BCUT2D eigenvalue weighted by Crippen LogP contribution is -2.08. The first-order chi connectivity index (χ1) is 8.75. The third kappa shape index (κ3) is 1.88. The number of fused-ring (bicyclic) bond motifs is 1. The molecule has 0 unspecified atom stereocenters. The highest BCUT2D eigenvalue weighted by atomic mass is 32.1. The van der Waals surface area contributed by atoms with Crippen molar-refractivity contribution < 1.29 is 14.6 Å². The van der Waals surface area contributed by atoms with Gasteiger partial charge in [-0.05, 0) is 47.5 Å². The SMILES string of the molecule is O=C(O)c1sccc1-c1ccc2c(c1)CCCO2. The first-order valence-electron chi connectivity index (χ1n) is 5.82. The van der Waals surface area contributed by atoms with E-state index in [4.69, 9.17) is 9.84 Å². The third-order valence-electron chi connectivity index (χ3n) is 3.08. The van der Waals surface area contributed by atoms with Crippen molar-refractivity contribution >= 4 is 17.3 Å². The monoisotopic (exact) mass is 260 g/mol. The van der Waals surface area contributed by atoms with E-state index < -0.39 is 5.97 Å². The molecule has 92 valence electrons. The average molecular weight is 260 g/mol. The van der Waals surface area contributed by atoms with Crippen molar-refractivity contribution in [2.75, 3.05) is 6.61 Å². The summed E-state index contributed by atoms with van der Waals surface area (Å²) in [4.78, 5) is 11.5. The van der Waals surface area contributed by atoms with Crippen LogP contribution in [0.2, 0.25) is 0 Å². The van der Waals surface area contributed by atoms with E-state index in [1.807, 2.05) is 29.6 Å². The van der Waals surface area contributed by atoms with E-state index in [1.165, 1.54) is 16.9 Å². The van der Waals surface area contributed by atoms with Crippen LogP contribution in [0.15, 0.2) is 29.6 Å². The molecule has 1 N–H and O–H groups in total. The first kappa shape index (κ1) is 11.3. The van der Waals surface area contributed by atoms with Crippen molar-refractivity contribution in [1.29, 1.82) is 0 Å². The molecule has 0 radical (unpaired) electrons. The molecule has 0 saturated carbocycles. The number of aryl methyl sites for hydroxylation is 1. The topological polar surface area (TPSA) is 46.5 Å². The average Bonchev–Trinajstić information content (AvgIpc) is 2.87. The number of hydrogen-bond donors (Lipinski definition) is 1. The maximum Gasteiger partial charge on any atom is 0.346 e. The van der Waals surface area contributed by atoms with Crippen LogP contribution >= 0.6 is 11.3 Å². The fraction of sp³-hybridized carbons (Fsp3) is 0.214. The molecule has 2 heterocycles. The number of carboxylic acids is 1. The maximum absolute atomic E-state index is 11.1. The van der Waals surface area contributed by atoms with Crippen LogP contribution in [0.1, 0.15) is 21.7 Å².